The SMILES string of the molecule is O=C(C1CC1)C1CC2CCC(C1)S2. The third-order valence-electron chi connectivity index (χ3n) is 3.67. The Morgan fingerprint density at radius 1 is 0.923 bits per heavy atom. The van der Waals surface area contributed by atoms with E-state index in [0.29, 0.717) is 17.6 Å². The van der Waals surface area contributed by atoms with Crippen LogP contribution in [-0.4, -0.2) is 16.3 Å². The number of ketones is 1. The van der Waals surface area contributed by atoms with Crippen molar-refractivity contribution < 1.29 is 4.79 Å². The van der Waals surface area contributed by atoms with Crippen molar-refractivity contribution in [3.05, 3.63) is 0 Å². The van der Waals surface area contributed by atoms with Gasteiger partial charge in [-0.2, -0.15) is 11.8 Å². The minimum absolute atomic E-state index is 0.464. The topological polar surface area (TPSA) is 17.1 Å². The molecule has 13 heavy (non-hydrogen) atoms. The Morgan fingerprint density at radius 2 is 1.54 bits per heavy atom. The zero-order chi connectivity index (χ0) is 8.84. The largest absolute Gasteiger partial charge is 0.299 e. The van der Waals surface area contributed by atoms with E-state index in [4.69, 9.17) is 0 Å². The van der Waals surface area contributed by atoms with Crippen LogP contribution in [-0.2, 0) is 4.79 Å². The number of fused-ring (bicyclic) bond motifs is 2. The first-order chi connectivity index (χ1) is 6.33. The molecule has 2 saturated heterocycles. The summed E-state index contributed by atoms with van der Waals surface area (Å²) in [6.45, 7) is 0. The molecule has 0 aromatic heterocycles. The molecule has 2 bridgehead atoms. The standard InChI is InChI=1S/C11H16OS/c12-11(7-1-2-7)8-5-9-3-4-10(6-8)13-9/h7-10H,1-6H2. The van der Waals surface area contributed by atoms with Crippen LogP contribution >= 0.6 is 11.8 Å². The van der Waals surface area contributed by atoms with E-state index in [1.165, 1.54) is 38.5 Å². The maximum Gasteiger partial charge on any atom is 0.139 e. The second-order valence-electron chi connectivity index (χ2n) is 4.80. The van der Waals surface area contributed by atoms with Gasteiger partial charge < -0.3 is 0 Å². The van der Waals surface area contributed by atoms with Crippen LogP contribution in [0.1, 0.15) is 38.5 Å². The van der Waals surface area contributed by atoms with E-state index in [-0.39, 0.29) is 0 Å². The van der Waals surface area contributed by atoms with Crippen molar-refractivity contribution in [1.82, 2.24) is 0 Å². The number of carbonyl (C=O) groups is 1. The highest BCUT2D eigenvalue weighted by atomic mass is 32.2. The number of Topliss-reactive ketones (excluding diaryl/α,β-unsaturated/α-hetero) is 1. The van der Waals surface area contributed by atoms with Crippen LogP contribution in [0, 0.1) is 11.8 Å². The monoisotopic (exact) mass is 196 g/mol. The summed E-state index contributed by atoms with van der Waals surface area (Å²) < 4.78 is 0. The molecule has 2 heterocycles. The minimum atomic E-state index is 0.464. The summed E-state index contributed by atoms with van der Waals surface area (Å²) in [5, 5.41) is 1.68. The first-order valence-corrected chi connectivity index (χ1v) is 6.46. The van der Waals surface area contributed by atoms with Crippen LogP contribution < -0.4 is 0 Å². The average molecular weight is 196 g/mol. The van der Waals surface area contributed by atoms with E-state index in [2.05, 4.69) is 11.8 Å². The van der Waals surface area contributed by atoms with Gasteiger partial charge >= 0.3 is 0 Å². The van der Waals surface area contributed by atoms with Crippen molar-refractivity contribution in [2.75, 3.05) is 0 Å². The van der Waals surface area contributed by atoms with Crippen LogP contribution in [0.15, 0.2) is 0 Å². The summed E-state index contributed by atoms with van der Waals surface area (Å²) in [5.41, 5.74) is 0. The molecule has 2 atom stereocenters. The Hall–Kier alpha value is 0.0200. The Morgan fingerprint density at radius 3 is 2.08 bits per heavy atom. The van der Waals surface area contributed by atoms with Gasteiger partial charge in [-0.1, -0.05) is 0 Å². The van der Waals surface area contributed by atoms with Crippen molar-refractivity contribution in [3.8, 4) is 0 Å². The zero-order valence-electron chi connectivity index (χ0n) is 7.87. The molecule has 1 saturated carbocycles. The normalized spacial score (nSPS) is 43.5. The van der Waals surface area contributed by atoms with Gasteiger partial charge in [0.05, 0.1) is 0 Å². The molecular formula is C11H16OS. The molecule has 0 radical (unpaired) electrons. The predicted octanol–water partition coefficient (Wildman–Crippen LogP) is 2.64. The Labute approximate surface area is 83.7 Å². The maximum absolute atomic E-state index is 11.9. The lowest BCUT2D eigenvalue weighted by Crippen LogP contribution is -2.25. The maximum atomic E-state index is 11.9. The first kappa shape index (κ1) is 8.34. The summed E-state index contributed by atoms with van der Waals surface area (Å²) in [5.74, 6) is 1.58. The van der Waals surface area contributed by atoms with Crippen molar-refractivity contribution in [1.29, 1.82) is 0 Å². The molecule has 2 heteroatoms. The molecule has 1 aliphatic carbocycles. The third kappa shape index (κ3) is 1.54. The highest BCUT2D eigenvalue weighted by Gasteiger charge is 2.42. The molecule has 3 fully saturated rings. The molecule has 72 valence electrons. The Kier molecular flexibility index (Phi) is 1.93. The van der Waals surface area contributed by atoms with Gasteiger partial charge in [0.25, 0.3) is 0 Å². The van der Waals surface area contributed by atoms with Crippen molar-refractivity contribution in [2.45, 2.75) is 49.0 Å². The van der Waals surface area contributed by atoms with Crippen LogP contribution in [0.5, 0.6) is 0 Å². The van der Waals surface area contributed by atoms with Gasteiger partial charge in [-0.15, -0.1) is 0 Å². The van der Waals surface area contributed by atoms with Gasteiger partial charge in [0.15, 0.2) is 0 Å². The fourth-order valence-corrected chi connectivity index (χ4v) is 4.57. The molecule has 0 amide bonds. The molecule has 0 aromatic rings. The highest BCUT2D eigenvalue weighted by Crippen LogP contribution is 2.48. The van der Waals surface area contributed by atoms with Crippen molar-refractivity contribution in [2.24, 2.45) is 11.8 Å². The predicted molar refractivity (Wildman–Crippen MR) is 54.9 cm³/mol. The smallest absolute Gasteiger partial charge is 0.139 e. The molecule has 0 spiro atoms. The third-order valence-corrected chi connectivity index (χ3v) is 5.30. The van der Waals surface area contributed by atoms with E-state index in [1.54, 1.807) is 0 Å². The van der Waals surface area contributed by atoms with Gasteiger partial charge in [-0.3, -0.25) is 4.79 Å². The van der Waals surface area contributed by atoms with Crippen LogP contribution in [0.2, 0.25) is 0 Å². The molecule has 0 aromatic carbocycles. The lowest BCUT2D eigenvalue weighted by Gasteiger charge is -2.26. The van der Waals surface area contributed by atoms with Gasteiger partial charge in [0.2, 0.25) is 0 Å². The van der Waals surface area contributed by atoms with Crippen LogP contribution in [0.25, 0.3) is 0 Å². The molecule has 3 rings (SSSR count). The second-order valence-corrected chi connectivity index (χ2v) is 6.41. The van der Waals surface area contributed by atoms with Gasteiger partial charge in [-0.05, 0) is 38.5 Å². The van der Waals surface area contributed by atoms with E-state index in [9.17, 15) is 4.79 Å². The number of thioether (sulfide) groups is 1. The molecule has 2 unspecified atom stereocenters. The Bertz CT molecular complexity index is 222. The fraction of sp³-hybridized carbons (Fsp3) is 0.909. The van der Waals surface area contributed by atoms with Crippen molar-refractivity contribution in [3.63, 3.8) is 0 Å². The van der Waals surface area contributed by atoms with E-state index in [1.807, 2.05) is 0 Å². The van der Waals surface area contributed by atoms with E-state index in [0.717, 1.165) is 10.5 Å². The summed E-state index contributed by atoms with van der Waals surface area (Å²) in [7, 11) is 0. The van der Waals surface area contributed by atoms with Gasteiger partial charge in [0.1, 0.15) is 5.78 Å². The molecular weight excluding hydrogens is 180 g/mol. The average Bonchev–Trinajstić information content (AvgIpc) is 2.92. The van der Waals surface area contributed by atoms with Crippen molar-refractivity contribution >= 4 is 17.5 Å². The molecule has 2 aliphatic heterocycles. The minimum Gasteiger partial charge on any atom is -0.299 e. The highest BCUT2D eigenvalue weighted by molar-refractivity contribution is 8.00. The molecule has 1 nitrogen and oxygen atoms in total. The van der Waals surface area contributed by atoms with Gasteiger partial charge in [-0.25, -0.2) is 0 Å². The van der Waals surface area contributed by atoms with Crippen LogP contribution in [0.4, 0.5) is 0 Å². The summed E-state index contributed by atoms with van der Waals surface area (Å²) in [6.07, 6.45) is 7.55. The summed E-state index contributed by atoms with van der Waals surface area (Å²) in [6, 6.07) is 0. The molecule has 0 N–H and O–H groups in total. The number of hydrogen-bond acceptors (Lipinski definition) is 2. The fourth-order valence-electron chi connectivity index (χ4n) is 2.79. The molecule has 3 aliphatic rings. The summed E-state index contributed by atoms with van der Waals surface area (Å²) >= 11 is 2.15. The summed E-state index contributed by atoms with van der Waals surface area (Å²) in [4.78, 5) is 11.9. The number of carbonyl (C=O) groups excluding carboxylic acids is 1. The van der Waals surface area contributed by atoms with Gasteiger partial charge in [0, 0.05) is 22.3 Å². The zero-order valence-corrected chi connectivity index (χ0v) is 8.69. The lowest BCUT2D eigenvalue weighted by atomic mass is 9.92. The van der Waals surface area contributed by atoms with Crippen LogP contribution in [0.3, 0.4) is 0 Å². The second kappa shape index (κ2) is 3.01. The van der Waals surface area contributed by atoms with E-state index < -0.39 is 0 Å². The number of hydrogen-bond donors (Lipinski definition) is 0. The number of rotatable bonds is 2. The Balaban J connectivity index is 1.68. The lowest BCUT2D eigenvalue weighted by molar-refractivity contribution is -0.124. The van der Waals surface area contributed by atoms with E-state index >= 15 is 0 Å². The first-order valence-electron chi connectivity index (χ1n) is 5.52. The quantitative estimate of drug-likeness (QED) is 0.675.